The molecule has 7 nitrogen and oxygen atoms in total. The first-order valence-corrected chi connectivity index (χ1v) is 12.1. The highest BCUT2D eigenvalue weighted by Gasteiger charge is 2.36. The number of carbonyl (C=O) groups is 3. The number of carboxylic acid groups (broad SMARTS) is 1. The maximum atomic E-state index is 13.0. The summed E-state index contributed by atoms with van der Waals surface area (Å²) in [6.45, 7) is 2.12. The Hall–Kier alpha value is -3.35. The lowest BCUT2D eigenvalue weighted by atomic mass is 9.79. The molecule has 1 fully saturated rings. The normalized spacial score (nSPS) is 16.5. The number of rotatable bonds is 10. The molecule has 0 aromatic heterocycles. The molecule has 0 bridgehead atoms. The van der Waals surface area contributed by atoms with Gasteiger partial charge in [-0.2, -0.15) is 0 Å². The van der Waals surface area contributed by atoms with E-state index in [2.05, 4.69) is 34.9 Å². The Morgan fingerprint density at radius 1 is 1.00 bits per heavy atom. The van der Waals surface area contributed by atoms with Crippen molar-refractivity contribution in [3.05, 3.63) is 59.7 Å². The maximum absolute atomic E-state index is 13.0. The van der Waals surface area contributed by atoms with Crippen LogP contribution in [0.3, 0.4) is 0 Å². The number of ether oxygens (including phenoxy) is 1. The fraction of sp³-hybridized carbons (Fsp3) is 0.444. The van der Waals surface area contributed by atoms with Crippen molar-refractivity contribution in [3.63, 3.8) is 0 Å². The van der Waals surface area contributed by atoms with Gasteiger partial charge in [0.2, 0.25) is 5.91 Å². The van der Waals surface area contributed by atoms with E-state index in [0.717, 1.165) is 47.9 Å². The minimum atomic E-state index is -0.955. The summed E-state index contributed by atoms with van der Waals surface area (Å²) < 4.78 is 5.63. The third-order valence-corrected chi connectivity index (χ3v) is 6.93. The van der Waals surface area contributed by atoms with Crippen LogP contribution in [0.2, 0.25) is 0 Å². The van der Waals surface area contributed by atoms with Gasteiger partial charge in [-0.3, -0.25) is 9.59 Å². The number of aliphatic carboxylic acids is 1. The topological polar surface area (TPSA) is 105 Å². The van der Waals surface area contributed by atoms with E-state index in [9.17, 15) is 14.4 Å². The molecular weight excluding hydrogens is 432 g/mol. The van der Waals surface area contributed by atoms with Crippen molar-refractivity contribution in [2.24, 2.45) is 5.92 Å². The Bertz CT molecular complexity index is 1000. The van der Waals surface area contributed by atoms with Gasteiger partial charge >= 0.3 is 12.1 Å². The van der Waals surface area contributed by atoms with Gasteiger partial charge in [0, 0.05) is 12.0 Å². The molecule has 0 spiro atoms. The van der Waals surface area contributed by atoms with Gasteiger partial charge in [0.15, 0.2) is 0 Å². The van der Waals surface area contributed by atoms with E-state index in [4.69, 9.17) is 9.84 Å². The minimum Gasteiger partial charge on any atom is -0.481 e. The molecule has 7 heteroatoms. The summed E-state index contributed by atoms with van der Waals surface area (Å²) in [5.41, 5.74) is 4.56. The average Bonchev–Trinajstić information content (AvgIpc) is 3.09. The molecule has 2 aromatic carbocycles. The molecule has 4 rings (SSSR count). The van der Waals surface area contributed by atoms with Gasteiger partial charge in [0.05, 0.1) is 6.42 Å². The third-order valence-electron chi connectivity index (χ3n) is 6.93. The van der Waals surface area contributed by atoms with Crippen LogP contribution in [-0.2, 0) is 14.3 Å². The summed E-state index contributed by atoms with van der Waals surface area (Å²) in [5.74, 6) is -1.31. The maximum Gasteiger partial charge on any atom is 0.407 e. The number of fused-ring (bicyclic) bond motifs is 3. The summed E-state index contributed by atoms with van der Waals surface area (Å²) >= 11 is 0. The van der Waals surface area contributed by atoms with E-state index in [1.54, 1.807) is 0 Å². The summed E-state index contributed by atoms with van der Waals surface area (Å²) in [7, 11) is 0. The molecule has 0 radical (unpaired) electrons. The van der Waals surface area contributed by atoms with Crippen molar-refractivity contribution >= 4 is 18.0 Å². The molecule has 180 valence electrons. The van der Waals surface area contributed by atoms with Gasteiger partial charge in [-0.1, -0.05) is 68.3 Å². The molecule has 1 saturated carbocycles. The third kappa shape index (κ3) is 5.24. The van der Waals surface area contributed by atoms with E-state index >= 15 is 0 Å². The molecule has 0 aliphatic heterocycles. The molecule has 2 aliphatic rings. The van der Waals surface area contributed by atoms with E-state index in [0.29, 0.717) is 6.42 Å². The largest absolute Gasteiger partial charge is 0.481 e. The molecule has 2 aliphatic carbocycles. The Labute approximate surface area is 199 Å². The fourth-order valence-corrected chi connectivity index (χ4v) is 5.01. The minimum absolute atomic E-state index is 0.0348. The van der Waals surface area contributed by atoms with Gasteiger partial charge in [0.25, 0.3) is 0 Å². The standard InChI is InChI=1S/C27H32N2O5/c1-2-8-18(15-24(30)31)28-26(32)25(17-9-7-10-17)29-27(33)34-16-23-21-13-5-3-11-19(21)20-12-4-6-14-22(20)23/h3-6,11-14,17-18,23,25H,2,7-10,15-16H2,1H3,(H,28,32)(H,29,33)(H,30,31)/t18-,25?/m1/s1. The Balaban J connectivity index is 1.40. The van der Waals surface area contributed by atoms with E-state index < -0.39 is 24.1 Å². The van der Waals surface area contributed by atoms with E-state index in [1.807, 2.05) is 31.2 Å². The van der Waals surface area contributed by atoms with Gasteiger partial charge in [-0.15, -0.1) is 0 Å². The van der Waals surface area contributed by atoms with Crippen LogP contribution in [0.25, 0.3) is 11.1 Å². The van der Waals surface area contributed by atoms with Crippen LogP contribution in [0.1, 0.15) is 62.5 Å². The van der Waals surface area contributed by atoms with Crippen LogP contribution in [0.5, 0.6) is 0 Å². The number of alkyl carbamates (subject to hydrolysis) is 1. The molecular formula is C27H32N2O5. The molecule has 2 aromatic rings. The van der Waals surface area contributed by atoms with Gasteiger partial charge in [-0.25, -0.2) is 4.79 Å². The van der Waals surface area contributed by atoms with E-state index in [1.165, 1.54) is 0 Å². The first-order chi connectivity index (χ1) is 16.5. The predicted molar refractivity (Wildman–Crippen MR) is 128 cm³/mol. The molecule has 1 unspecified atom stereocenters. The zero-order chi connectivity index (χ0) is 24.1. The van der Waals surface area contributed by atoms with Crippen LogP contribution < -0.4 is 10.6 Å². The monoisotopic (exact) mass is 464 g/mol. The van der Waals surface area contributed by atoms with Gasteiger partial charge in [-0.05, 0) is 47.4 Å². The molecule has 2 amide bonds. The zero-order valence-corrected chi connectivity index (χ0v) is 19.5. The summed E-state index contributed by atoms with van der Waals surface area (Å²) in [5, 5.41) is 14.8. The van der Waals surface area contributed by atoms with Crippen molar-refractivity contribution in [2.75, 3.05) is 6.61 Å². The Kier molecular flexibility index (Phi) is 7.50. The van der Waals surface area contributed by atoms with Crippen molar-refractivity contribution in [2.45, 2.75) is 63.5 Å². The van der Waals surface area contributed by atoms with Crippen molar-refractivity contribution < 1.29 is 24.2 Å². The number of carboxylic acids is 1. The van der Waals surface area contributed by atoms with Crippen molar-refractivity contribution in [3.8, 4) is 11.1 Å². The highest BCUT2D eigenvalue weighted by Crippen LogP contribution is 2.44. The second-order valence-electron chi connectivity index (χ2n) is 9.23. The number of nitrogens with one attached hydrogen (secondary N) is 2. The van der Waals surface area contributed by atoms with Crippen LogP contribution in [-0.4, -0.2) is 41.8 Å². The van der Waals surface area contributed by atoms with Crippen LogP contribution in [0.15, 0.2) is 48.5 Å². The van der Waals surface area contributed by atoms with Crippen molar-refractivity contribution in [1.82, 2.24) is 10.6 Å². The summed E-state index contributed by atoms with van der Waals surface area (Å²) in [6, 6.07) is 15.1. The number of amides is 2. The van der Waals surface area contributed by atoms with Gasteiger partial charge in [0.1, 0.15) is 12.6 Å². The Morgan fingerprint density at radius 2 is 1.62 bits per heavy atom. The number of benzene rings is 2. The smallest absolute Gasteiger partial charge is 0.407 e. The first kappa shape index (κ1) is 23.8. The molecule has 34 heavy (non-hydrogen) atoms. The molecule has 0 saturated heterocycles. The highest BCUT2D eigenvalue weighted by atomic mass is 16.5. The molecule has 3 N–H and O–H groups in total. The first-order valence-electron chi connectivity index (χ1n) is 12.1. The molecule has 2 atom stereocenters. The summed E-state index contributed by atoms with van der Waals surface area (Å²) in [4.78, 5) is 36.9. The van der Waals surface area contributed by atoms with Crippen LogP contribution >= 0.6 is 0 Å². The van der Waals surface area contributed by atoms with E-state index in [-0.39, 0.29) is 30.8 Å². The average molecular weight is 465 g/mol. The highest BCUT2D eigenvalue weighted by molar-refractivity contribution is 5.87. The predicted octanol–water partition coefficient (Wildman–Crippen LogP) is 4.45. The van der Waals surface area contributed by atoms with Crippen LogP contribution in [0, 0.1) is 5.92 Å². The molecule has 0 heterocycles. The second kappa shape index (κ2) is 10.7. The number of hydrogen-bond acceptors (Lipinski definition) is 4. The lowest BCUT2D eigenvalue weighted by molar-refractivity contribution is -0.138. The van der Waals surface area contributed by atoms with Gasteiger partial charge < -0.3 is 20.5 Å². The summed E-state index contributed by atoms with van der Waals surface area (Å²) in [6.07, 6.45) is 3.26. The lowest BCUT2D eigenvalue weighted by Crippen LogP contribution is -2.54. The lowest BCUT2D eigenvalue weighted by Gasteiger charge is -2.34. The Morgan fingerprint density at radius 3 is 2.15 bits per heavy atom. The van der Waals surface area contributed by atoms with Crippen LogP contribution in [0.4, 0.5) is 4.79 Å². The number of hydrogen-bond donors (Lipinski definition) is 3. The zero-order valence-electron chi connectivity index (χ0n) is 19.5. The van der Waals surface area contributed by atoms with Crippen molar-refractivity contribution in [1.29, 1.82) is 0 Å². The quantitative estimate of drug-likeness (QED) is 0.482. The fourth-order valence-electron chi connectivity index (χ4n) is 5.01. The second-order valence-corrected chi connectivity index (χ2v) is 9.23. The number of carbonyl (C=O) groups excluding carboxylic acids is 2. The SMILES string of the molecule is CCC[C@H](CC(=O)O)NC(=O)C(NC(=O)OCC1c2ccccc2-c2ccccc21)C1CCC1.